The van der Waals surface area contributed by atoms with Crippen LogP contribution >= 0.6 is 15.9 Å². The summed E-state index contributed by atoms with van der Waals surface area (Å²) >= 11 is 3.20. The first kappa shape index (κ1) is 12.9. The van der Waals surface area contributed by atoms with Crippen LogP contribution in [0.4, 0.5) is 0 Å². The van der Waals surface area contributed by atoms with E-state index in [9.17, 15) is 4.79 Å². The largest absolute Gasteiger partial charge is 0.496 e. The van der Waals surface area contributed by atoms with Gasteiger partial charge in [0.2, 0.25) is 0 Å². The van der Waals surface area contributed by atoms with E-state index >= 15 is 0 Å². The third-order valence-corrected chi connectivity index (χ3v) is 3.99. The summed E-state index contributed by atoms with van der Waals surface area (Å²) in [6, 6.07) is 1.72. The van der Waals surface area contributed by atoms with Crippen molar-refractivity contribution in [2.24, 2.45) is 0 Å². The Morgan fingerprint density at radius 3 is 2.24 bits per heavy atom. The zero-order valence-electron chi connectivity index (χ0n) is 10.3. The lowest BCUT2D eigenvalue weighted by molar-refractivity contribution is 0.00578. The first-order valence-corrected chi connectivity index (χ1v) is 6.26. The molecule has 0 atom stereocenters. The van der Waals surface area contributed by atoms with Gasteiger partial charge in [-0.2, -0.15) is 0 Å². The summed E-state index contributed by atoms with van der Waals surface area (Å²) in [5.41, 5.74) is -0.110. The highest BCUT2D eigenvalue weighted by Gasteiger charge is 2.51. The standard InChI is InChI=1S/C11H15BBrNO3/c1-10(2)11(3,4)17-12(16-10)7-5-8(13)9(15)14-6-7/h5-6H,1-4H3,(H,14,15). The van der Waals surface area contributed by atoms with Crippen molar-refractivity contribution in [2.75, 3.05) is 0 Å². The zero-order valence-corrected chi connectivity index (χ0v) is 11.9. The Morgan fingerprint density at radius 2 is 1.76 bits per heavy atom. The van der Waals surface area contributed by atoms with Gasteiger partial charge in [0.15, 0.2) is 0 Å². The fourth-order valence-corrected chi connectivity index (χ4v) is 1.97. The van der Waals surface area contributed by atoms with Crippen LogP contribution in [0, 0.1) is 0 Å². The fraction of sp³-hybridized carbons (Fsp3) is 0.545. The summed E-state index contributed by atoms with van der Waals surface area (Å²) in [6.45, 7) is 7.98. The molecule has 0 unspecified atom stereocenters. The molecule has 4 nitrogen and oxygen atoms in total. The highest BCUT2D eigenvalue weighted by molar-refractivity contribution is 9.10. The Balaban J connectivity index is 2.32. The molecule has 0 aliphatic carbocycles. The second kappa shape index (κ2) is 3.97. The van der Waals surface area contributed by atoms with Gasteiger partial charge in [-0.05, 0) is 55.2 Å². The van der Waals surface area contributed by atoms with Crippen LogP contribution in [0.3, 0.4) is 0 Å². The van der Waals surface area contributed by atoms with E-state index in [0.29, 0.717) is 4.47 Å². The summed E-state index contributed by atoms with van der Waals surface area (Å²) in [6.07, 6.45) is 1.62. The molecule has 1 fully saturated rings. The van der Waals surface area contributed by atoms with Crippen molar-refractivity contribution in [3.63, 3.8) is 0 Å². The first-order chi connectivity index (χ1) is 7.73. The van der Waals surface area contributed by atoms with E-state index < -0.39 is 7.12 Å². The summed E-state index contributed by atoms with van der Waals surface area (Å²) in [5, 5.41) is 0. The Hall–Kier alpha value is -0.585. The predicted molar refractivity (Wildman–Crippen MR) is 70.5 cm³/mol. The smallest absolute Gasteiger partial charge is 0.399 e. The molecule has 6 heteroatoms. The number of nitrogens with one attached hydrogen (secondary N) is 1. The van der Waals surface area contributed by atoms with Gasteiger partial charge in [-0.25, -0.2) is 0 Å². The number of H-pyrrole nitrogens is 1. The molecule has 1 aromatic heterocycles. The van der Waals surface area contributed by atoms with E-state index in [2.05, 4.69) is 20.9 Å². The molecule has 1 aromatic rings. The number of pyridine rings is 1. The van der Waals surface area contributed by atoms with Crippen molar-refractivity contribution >= 4 is 28.5 Å². The van der Waals surface area contributed by atoms with E-state index in [1.54, 1.807) is 12.3 Å². The van der Waals surface area contributed by atoms with E-state index in [0.717, 1.165) is 5.46 Å². The lowest BCUT2D eigenvalue weighted by atomic mass is 9.80. The van der Waals surface area contributed by atoms with E-state index in [1.165, 1.54) is 0 Å². The molecule has 0 aromatic carbocycles. The maximum absolute atomic E-state index is 11.3. The number of aromatic nitrogens is 1. The zero-order chi connectivity index (χ0) is 12.8. The minimum Gasteiger partial charge on any atom is -0.399 e. The number of halogens is 1. The molecule has 1 saturated heterocycles. The number of rotatable bonds is 1. The van der Waals surface area contributed by atoms with Gasteiger partial charge in [0.25, 0.3) is 5.56 Å². The van der Waals surface area contributed by atoms with Crippen LogP contribution in [0.15, 0.2) is 21.5 Å². The van der Waals surface area contributed by atoms with Gasteiger partial charge in [0.1, 0.15) is 0 Å². The molecule has 2 heterocycles. The van der Waals surface area contributed by atoms with E-state index in [-0.39, 0.29) is 16.8 Å². The third kappa shape index (κ3) is 2.21. The predicted octanol–water partition coefficient (Wildman–Crippen LogP) is 1.44. The Bertz CT molecular complexity index is 482. The maximum Gasteiger partial charge on any atom is 0.496 e. The molecule has 1 aliphatic heterocycles. The number of aromatic amines is 1. The highest BCUT2D eigenvalue weighted by atomic mass is 79.9. The van der Waals surface area contributed by atoms with Gasteiger partial charge in [0, 0.05) is 6.20 Å². The molecule has 0 bridgehead atoms. The monoisotopic (exact) mass is 299 g/mol. The van der Waals surface area contributed by atoms with Crippen molar-refractivity contribution in [3.05, 3.63) is 27.1 Å². The average molecular weight is 300 g/mol. The quantitative estimate of drug-likeness (QED) is 0.798. The second-order valence-electron chi connectivity index (χ2n) is 5.20. The van der Waals surface area contributed by atoms with Crippen molar-refractivity contribution in [1.29, 1.82) is 0 Å². The second-order valence-corrected chi connectivity index (χ2v) is 6.05. The lowest BCUT2D eigenvalue weighted by Gasteiger charge is -2.32. The fourth-order valence-electron chi connectivity index (χ4n) is 1.59. The molecular weight excluding hydrogens is 285 g/mol. The third-order valence-electron chi connectivity index (χ3n) is 3.41. The summed E-state index contributed by atoms with van der Waals surface area (Å²) in [5.74, 6) is 0. The van der Waals surface area contributed by atoms with Crippen LogP contribution in [0.2, 0.25) is 0 Å². The minimum absolute atomic E-state index is 0.162. The van der Waals surface area contributed by atoms with Crippen molar-refractivity contribution in [3.8, 4) is 0 Å². The van der Waals surface area contributed by atoms with Crippen LogP contribution < -0.4 is 11.0 Å². The van der Waals surface area contributed by atoms with E-state index in [1.807, 2.05) is 27.7 Å². The van der Waals surface area contributed by atoms with Crippen LogP contribution in [-0.2, 0) is 9.31 Å². The number of hydrogen-bond donors (Lipinski definition) is 1. The molecule has 0 amide bonds. The van der Waals surface area contributed by atoms with Gasteiger partial charge in [-0.3, -0.25) is 4.79 Å². The lowest BCUT2D eigenvalue weighted by Crippen LogP contribution is -2.41. The maximum atomic E-state index is 11.3. The van der Waals surface area contributed by atoms with Crippen LogP contribution in [0.5, 0.6) is 0 Å². The summed E-state index contributed by atoms with van der Waals surface area (Å²) in [7, 11) is -0.451. The van der Waals surface area contributed by atoms with Crippen molar-refractivity contribution < 1.29 is 9.31 Å². The molecule has 1 N–H and O–H groups in total. The SMILES string of the molecule is CC1(C)OB(c2c[nH]c(=O)c(Br)c2)OC1(C)C. The molecule has 0 radical (unpaired) electrons. The molecule has 17 heavy (non-hydrogen) atoms. The normalized spacial score (nSPS) is 21.8. The molecule has 1 aliphatic rings. The Morgan fingerprint density at radius 1 is 1.24 bits per heavy atom. The summed E-state index contributed by atoms with van der Waals surface area (Å²) in [4.78, 5) is 13.9. The molecular formula is C11H15BBrNO3. The van der Waals surface area contributed by atoms with Gasteiger partial charge < -0.3 is 14.3 Å². The summed E-state index contributed by atoms with van der Waals surface area (Å²) < 4.78 is 12.2. The Kier molecular flexibility index (Phi) is 3.00. The molecule has 2 rings (SSSR count). The highest BCUT2D eigenvalue weighted by Crippen LogP contribution is 2.36. The van der Waals surface area contributed by atoms with Crippen LogP contribution in [-0.4, -0.2) is 23.3 Å². The van der Waals surface area contributed by atoms with Gasteiger partial charge in [0.05, 0.1) is 15.7 Å². The van der Waals surface area contributed by atoms with Gasteiger partial charge >= 0.3 is 7.12 Å². The molecule has 0 spiro atoms. The van der Waals surface area contributed by atoms with Gasteiger partial charge in [-0.15, -0.1) is 0 Å². The Labute approximate surface area is 109 Å². The van der Waals surface area contributed by atoms with Gasteiger partial charge in [-0.1, -0.05) is 0 Å². The van der Waals surface area contributed by atoms with E-state index in [4.69, 9.17) is 9.31 Å². The minimum atomic E-state index is -0.451. The molecule has 92 valence electrons. The van der Waals surface area contributed by atoms with Crippen LogP contribution in [0.1, 0.15) is 27.7 Å². The number of hydrogen-bond acceptors (Lipinski definition) is 3. The molecule has 0 saturated carbocycles. The average Bonchev–Trinajstić information content (AvgIpc) is 2.41. The van der Waals surface area contributed by atoms with Crippen molar-refractivity contribution in [1.82, 2.24) is 4.98 Å². The topological polar surface area (TPSA) is 51.3 Å². The first-order valence-electron chi connectivity index (χ1n) is 5.47. The van der Waals surface area contributed by atoms with Crippen LogP contribution in [0.25, 0.3) is 0 Å². The van der Waals surface area contributed by atoms with Crippen molar-refractivity contribution in [2.45, 2.75) is 38.9 Å².